The van der Waals surface area contributed by atoms with Crippen LogP contribution in [0.5, 0.6) is 0 Å². The summed E-state index contributed by atoms with van der Waals surface area (Å²) in [7, 11) is 1.73. The van der Waals surface area contributed by atoms with Crippen molar-refractivity contribution in [3.63, 3.8) is 0 Å². The van der Waals surface area contributed by atoms with Gasteiger partial charge >= 0.3 is 0 Å². The van der Waals surface area contributed by atoms with Gasteiger partial charge in [-0.1, -0.05) is 29.8 Å². The molecule has 2 N–H and O–H groups in total. The number of Topliss-reactive ketones (excluding diaryl/α,β-unsaturated/α-hetero) is 1. The van der Waals surface area contributed by atoms with Gasteiger partial charge in [-0.05, 0) is 17.7 Å². The monoisotopic (exact) mass is 407 g/mol. The standard InChI is InChI=1S/C21H15ClFN5O/c1-25-20-12(4-3-5-15(20)22)21-14(9-27-28(21)2)11-6-13-17(8-24)26-10-18(29)19(13)16(23)7-11/h3-7,9H,8,10,24H2,2H3. The van der Waals surface area contributed by atoms with Crippen LogP contribution in [0.4, 0.5) is 10.1 Å². The molecule has 0 aliphatic carbocycles. The molecule has 4 rings (SSSR count). The van der Waals surface area contributed by atoms with Crippen molar-refractivity contribution < 1.29 is 9.18 Å². The molecule has 0 spiro atoms. The van der Waals surface area contributed by atoms with Crippen LogP contribution in [0, 0.1) is 12.4 Å². The molecular weight excluding hydrogens is 393 g/mol. The van der Waals surface area contributed by atoms with E-state index in [1.807, 2.05) is 0 Å². The summed E-state index contributed by atoms with van der Waals surface area (Å²) in [5, 5.41) is 4.62. The van der Waals surface area contributed by atoms with Crippen LogP contribution in [0.2, 0.25) is 5.02 Å². The molecule has 1 aliphatic heterocycles. The second-order valence-corrected chi connectivity index (χ2v) is 6.96. The van der Waals surface area contributed by atoms with Crippen LogP contribution >= 0.6 is 11.6 Å². The summed E-state index contributed by atoms with van der Waals surface area (Å²) in [6.45, 7) is 7.48. The first kappa shape index (κ1) is 19.0. The molecule has 2 heterocycles. The minimum Gasteiger partial charge on any atom is -0.325 e. The van der Waals surface area contributed by atoms with Crippen LogP contribution in [0.15, 0.2) is 41.5 Å². The normalized spacial score (nSPS) is 13.1. The first-order valence-corrected chi connectivity index (χ1v) is 9.13. The molecule has 0 fully saturated rings. The molecule has 0 radical (unpaired) electrons. The molecule has 6 nitrogen and oxygen atoms in total. The molecule has 0 atom stereocenters. The fourth-order valence-electron chi connectivity index (χ4n) is 3.57. The van der Waals surface area contributed by atoms with Gasteiger partial charge in [-0.25, -0.2) is 9.24 Å². The Morgan fingerprint density at radius 3 is 2.83 bits per heavy atom. The summed E-state index contributed by atoms with van der Waals surface area (Å²) in [5.41, 5.74) is 9.25. The molecule has 3 aromatic rings. The molecule has 1 aromatic heterocycles. The van der Waals surface area contributed by atoms with Gasteiger partial charge in [0.25, 0.3) is 0 Å². The van der Waals surface area contributed by atoms with Gasteiger partial charge in [0.05, 0.1) is 29.7 Å². The molecule has 0 bridgehead atoms. The van der Waals surface area contributed by atoms with Crippen molar-refractivity contribution in [2.45, 2.75) is 0 Å². The summed E-state index contributed by atoms with van der Waals surface area (Å²) in [4.78, 5) is 19.9. The van der Waals surface area contributed by atoms with Crippen LogP contribution in [0.25, 0.3) is 27.2 Å². The summed E-state index contributed by atoms with van der Waals surface area (Å²) >= 11 is 6.20. The number of aliphatic imine (C=N–C) groups is 1. The summed E-state index contributed by atoms with van der Waals surface area (Å²) < 4.78 is 16.5. The molecule has 0 unspecified atom stereocenters. The second kappa shape index (κ2) is 7.24. The maximum atomic E-state index is 14.9. The number of carbonyl (C=O) groups excluding carboxylic acids is 1. The van der Waals surface area contributed by atoms with E-state index in [9.17, 15) is 9.18 Å². The van der Waals surface area contributed by atoms with Gasteiger partial charge < -0.3 is 5.73 Å². The number of ketones is 1. The lowest BCUT2D eigenvalue weighted by Gasteiger charge is -2.18. The van der Waals surface area contributed by atoms with Crippen molar-refractivity contribution in [1.29, 1.82) is 0 Å². The Morgan fingerprint density at radius 2 is 2.10 bits per heavy atom. The van der Waals surface area contributed by atoms with Crippen molar-refractivity contribution in [2.24, 2.45) is 17.8 Å². The summed E-state index contributed by atoms with van der Waals surface area (Å²) in [6.07, 6.45) is 1.59. The maximum absolute atomic E-state index is 14.9. The number of benzene rings is 2. The number of carbonyl (C=O) groups is 1. The van der Waals surface area contributed by atoms with Gasteiger partial charge in [0.1, 0.15) is 12.4 Å². The van der Waals surface area contributed by atoms with Gasteiger partial charge in [0.15, 0.2) is 5.78 Å². The molecule has 0 amide bonds. The number of nitrogens with zero attached hydrogens (tertiary/aromatic N) is 4. The second-order valence-electron chi connectivity index (χ2n) is 6.55. The zero-order chi connectivity index (χ0) is 20.7. The number of aryl methyl sites for hydroxylation is 1. The average molecular weight is 408 g/mol. The highest BCUT2D eigenvalue weighted by atomic mass is 35.5. The van der Waals surface area contributed by atoms with E-state index in [1.165, 1.54) is 6.07 Å². The molecule has 0 saturated heterocycles. The van der Waals surface area contributed by atoms with Gasteiger partial charge in [-0.2, -0.15) is 5.10 Å². The number of rotatable bonds is 3. The molecule has 0 saturated carbocycles. The number of para-hydroxylation sites is 1. The Kier molecular flexibility index (Phi) is 4.74. The van der Waals surface area contributed by atoms with E-state index in [0.29, 0.717) is 38.7 Å². The van der Waals surface area contributed by atoms with E-state index in [1.54, 1.807) is 42.2 Å². The Bertz CT molecular complexity index is 1240. The van der Waals surface area contributed by atoms with Crippen molar-refractivity contribution in [3.8, 4) is 22.4 Å². The minimum absolute atomic E-state index is 0.0132. The molecule has 29 heavy (non-hydrogen) atoms. The Hall–Kier alpha value is -3.34. The van der Waals surface area contributed by atoms with E-state index in [0.717, 1.165) is 0 Å². The molecule has 2 aromatic carbocycles. The summed E-state index contributed by atoms with van der Waals surface area (Å²) in [6, 6.07) is 8.16. The van der Waals surface area contributed by atoms with Crippen LogP contribution in [-0.4, -0.2) is 34.4 Å². The molecule has 144 valence electrons. The number of hydrogen-bond donors (Lipinski definition) is 1. The topological polar surface area (TPSA) is 77.6 Å². The summed E-state index contributed by atoms with van der Waals surface area (Å²) in [5.74, 6) is -1.01. The highest BCUT2D eigenvalue weighted by molar-refractivity contribution is 6.34. The van der Waals surface area contributed by atoms with E-state index in [-0.39, 0.29) is 30.1 Å². The van der Waals surface area contributed by atoms with E-state index in [2.05, 4.69) is 14.9 Å². The average Bonchev–Trinajstić information content (AvgIpc) is 3.09. The molecule has 1 aliphatic rings. The fourth-order valence-corrected chi connectivity index (χ4v) is 3.78. The van der Waals surface area contributed by atoms with Crippen molar-refractivity contribution >= 4 is 28.8 Å². The van der Waals surface area contributed by atoms with Crippen LogP contribution in [-0.2, 0) is 7.05 Å². The lowest BCUT2D eigenvalue weighted by Crippen LogP contribution is -2.26. The Morgan fingerprint density at radius 1 is 1.31 bits per heavy atom. The van der Waals surface area contributed by atoms with E-state index < -0.39 is 5.82 Å². The third-order valence-corrected chi connectivity index (χ3v) is 5.20. The molecule has 8 heteroatoms. The number of hydrogen-bond acceptors (Lipinski definition) is 4. The number of halogens is 2. The smallest absolute Gasteiger partial charge is 0.214 e. The lowest BCUT2D eigenvalue weighted by molar-refractivity contribution is 0.0996. The van der Waals surface area contributed by atoms with Crippen LogP contribution in [0.1, 0.15) is 15.9 Å². The third-order valence-electron chi connectivity index (χ3n) is 4.89. The van der Waals surface area contributed by atoms with Gasteiger partial charge in [-0.3, -0.25) is 14.5 Å². The first-order valence-electron chi connectivity index (χ1n) is 8.75. The van der Waals surface area contributed by atoms with Crippen molar-refractivity contribution in [1.82, 2.24) is 9.78 Å². The number of aromatic nitrogens is 2. The highest BCUT2D eigenvalue weighted by Crippen LogP contribution is 2.41. The van der Waals surface area contributed by atoms with Gasteiger partial charge in [0, 0.05) is 35.3 Å². The van der Waals surface area contributed by atoms with Crippen LogP contribution in [0.3, 0.4) is 0 Å². The minimum atomic E-state index is -0.630. The Labute approximate surface area is 171 Å². The first-order chi connectivity index (χ1) is 14.0. The predicted octanol–water partition coefficient (Wildman–Crippen LogP) is 4.04. The van der Waals surface area contributed by atoms with Crippen LogP contribution < -0.4 is 5.73 Å². The zero-order valence-corrected chi connectivity index (χ0v) is 16.2. The number of nitrogens with two attached hydrogens (primary N) is 1. The quantitative estimate of drug-likeness (QED) is 0.665. The predicted molar refractivity (Wildman–Crippen MR) is 110 cm³/mol. The van der Waals surface area contributed by atoms with Gasteiger partial charge in [0.2, 0.25) is 5.69 Å². The largest absolute Gasteiger partial charge is 0.325 e. The van der Waals surface area contributed by atoms with Gasteiger partial charge in [-0.15, -0.1) is 0 Å². The van der Waals surface area contributed by atoms with Crippen molar-refractivity contribution in [3.05, 3.63) is 69.9 Å². The maximum Gasteiger partial charge on any atom is 0.214 e. The van der Waals surface area contributed by atoms with E-state index in [4.69, 9.17) is 23.9 Å². The Balaban J connectivity index is 1.98. The number of fused-ring (bicyclic) bond motifs is 1. The third kappa shape index (κ3) is 3.03. The van der Waals surface area contributed by atoms with E-state index >= 15 is 0 Å². The zero-order valence-electron chi connectivity index (χ0n) is 15.4. The lowest BCUT2D eigenvalue weighted by atomic mass is 9.91. The SMILES string of the molecule is [C-]#[N+]c1c(Cl)cccc1-c1c(-c2cc(F)c3c(c2)C(CN)=NCC3=O)cnn1C. The highest BCUT2D eigenvalue weighted by Gasteiger charge is 2.26. The fraction of sp³-hybridized carbons (Fsp3) is 0.143. The van der Waals surface area contributed by atoms with Crippen molar-refractivity contribution in [2.75, 3.05) is 13.1 Å². The molecular formula is C21H15ClFN5O.